The molecule has 0 bridgehead atoms. The van der Waals surface area contributed by atoms with Gasteiger partial charge >= 0.3 is 5.97 Å². The van der Waals surface area contributed by atoms with Crippen molar-refractivity contribution in [1.82, 2.24) is 4.72 Å². The van der Waals surface area contributed by atoms with Gasteiger partial charge in [0.25, 0.3) is 5.91 Å². The number of rotatable bonds is 8. The quantitative estimate of drug-likeness (QED) is 0.673. The molecule has 0 spiro atoms. The molecule has 0 saturated carbocycles. The molecule has 7 nitrogen and oxygen atoms in total. The second kappa shape index (κ2) is 9.29. The number of ether oxygens (including phenoxy) is 1. The van der Waals surface area contributed by atoms with Gasteiger partial charge in [0.1, 0.15) is 0 Å². The highest BCUT2D eigenvalue weighted by Gasteiger charge is 2.19. The summed E-state index contributed by atoms with van der Waals surface area (Å²) in [6.07, 6.45) is -1.18. The Kier molecular flexibility index (Phi) is 7.09. The topological polar surface area (TPSA) is 102 Å². The fourth-order valence-corrected chi connectivity index (χ4v) is 3.20. The molecule has 0 aliphatic carbocycles. The number of carbonyl (C=O) groups excluding carboxylic acids is 2. The maximum absolute atomic E-state index is 12.1. The Balaban J connectivity index is 1.78. The summed E-state index contributed by atoms with van der Waals surface area (Å²) >= 11 is 0. The van der Waals surface area contributed by atoms with Gasteiger partial charge in [-0.25, -0.2) is 13.1 Å². The zero-order valence-electron chi connectivity index (χ0n) is 15.1. The van der Waals surface area contributed by atoms with E-state index in [1.165, 1.54) is 19.1 Å². The van der Waals surface area contributed by atoms with E-state index < -0.39 is 28.0 Å². The minimum atomic E-state index is -3.70. The number of sulfonamides is 1. The Hall–Kier alpha value is -2.71. The van der Waals surface area contributed by atoms with Crippen LogP contribution < -0.4 is 10.0 Å². The van der Waals surface area contributed by atoms with Crippen LogP contribution in [0.2, 0.25) is 0 Å². The molecule has 0 heterocycles. The summed E-state index contributed by atoms with van der Waals surface area (Å²) in [5.74, 6) is -1.13. The largest absolute Gasteiger partial charge is 0.452 e. The minimum Gasteiger partial charge on any atom is -0.452 e. The molecule has 0 fully saturated rings. The lowest BCUT2D eigenvalue weighted by Gasteiger charge is -2.13. The monoisotopic (exact) mass is 390 g/mol. The van der Waals surface area contributed by atoms with Crippen LogP contribution in [0.15, 0.2) is 59.5 Å². The Morgan fingerprint density at radius 3 is 2.30 bits per heavy atom. The zero-order chi connectivity index (χ0) is 19.9. The van der Waals surface area contributed by atoms with E-state index in [0.717, 1.165) is 5.56 Å². The molecule has 27 heavy (non-hydrogen) atoms. The van der Waals surface area contributed by atoms with E-state index in [1.807, 2.05) is 13.0 Å². The van der Waals surface area contributed by atoms with Crippen LogP contribution in [0, 0.1) is 6.92 Å². The Bertz CT molecular complexity index is 880. The maximum atomic E-state index is 12.1. The lowest BCUT2D eigenvalue weighted by molar-refractivity contribution is -0.152. The van der Waals surface area contributed by atoms with Gasteiger partial charge < -0.3 is 10.1 Å². The van der Waals surface area contributed by atoms with Gasteiger partial charge in [0, 0.05) is 12.2 Å². The third-order valence-electron chi connectivity index (χ3n) is 3.67. The van der Waals surface area contributed by atoms with Gasteiger partial charge in [0.05, 0.1) is 11.3 Å². The van der Waals surface area contributed by atoms with Gasteiger partial charge in [-0.05, 0) is 38.1 Å². The third-order valence-corrected chi connectivity index (χ3v) is 5.15. The number of anilines is 1. The number of hydrogen-bond donors (Lipinski definition) is 2. The SMILES string of the molecule is Cc1ccc(S(=O)(=O)NCCC(=O)O[C@H](C)C(=O)Nc2ccccc2)cc1. The highest BCUT2D eigenvalue weighted by molar-refractivity contribution is 7.89. The Morgan fingerprint density at radius 1 is 1.04 bits per heavy atom. The Labute approximate surface area is 158 Å². The molecule has 0 unspecified atom stereocenters. The third kappa shape index (κ3) is 6.50. The van der Waals surface area contributed by atoms with Crippen molar-refractivity contribution in [3.63, 3.8) is 0 Å². The second-order valence-corrected chi connectivity index (χ2v) is 7.72. The van der Waals surface area contributed by atoms with Crippen molar-refractivity contribution in [2.45, 2.75) is 31.3 Å². The first-order valence-corrected chi connectivity index (χ1v) is 9.88. The molecule has 144 valence electrons. The van der Waals surface area contributed by atoms with E-state index in [4.69, 9.17) is 4.74 Å². The molecule has 2 rings (SSSR count). The predicted octanol–water partition coefficient (Wildman–Crippen LogP) is 2.23. The van der Waals surface area contributed by atoms with Crippen molar-refractivity contribution < 1.29 is 22.7 Å². The van der Waals surface area contributed by atoms with E-state index in [-0.39, 0.29) is 17.9 Å². The molecular formula is C19H22N2O5S. The van der Waals surface area contributed by atoms with Crippen molar-refractivity contribution in [2.24, 2.45) is 0 Å². The fourth-order valence-electron chi connectivity index (χ4n) is 2.16. The van der Waals surface area contributed by atoms with Gasteiger partial charge in [-0.15, -0.1) is 0 Å². The minimum absolute atomic E-state index is 0.122. The maximum Gasteiger partial charge on any atom is 0.307 e. The summed E-state index contributed by atoms with van der Waals surface area (Å²) in [4.78, 5) is 24.0. The summed E-state index contributed by atoms with van der Waals surface area (Å²) in [5.41, 5.74) is 1.54. The number of amides is 1. The highest BCUT2D eigenvalue weighted by Crippen LogP contribution is 2.10. The van der Waals surface area contributed by atoms with Crippen LogP contribution in [0.4, 0.5) is 5.69 Å². The number of para-hydroxylation sites is 1. The standard InChI is InChI=1S/C19H22N2O5S/c1-14-8-10-17(11-9-14)27(24,25)20-13-12-18(22)26-15(2)19(23)21-16-6-4-3-5-7-16/h3-11,15,20H,12-13H2,1-2H3,(H,21,23)/t15-/m1/s1. The summed E-state index contributed by atoms with van der Waals surface area (Å²) in [7, 11) is -3.70. The van der Waals surface area contributed by atoms with E-state index in [9.17, 15) is 18.0 Å². The molecule has 8 heteroatoms. The van der Waals surface area contributed by atoms with Crippen LogP contribution in [-0.4, -0.2) is 32.9 Å². The van der Waals surface area contributed by atoms with Crippen LogP contribution in [-0.2, 0) is 24.3 Å². The van der Waals surface area contributed by atoms with Crippen molar-refractivity contribution in [3.8, 4) is 0 Å². The molecule has 0 aliphatic heterocycles. The van der Waals surface area contributed by atoms with E-state index in [1.54, 1.807) is 36.4 Å². The molecular weight excluding hydrogens is 368 g/mol. The van der Waals surface area contributed by atoms with Crippen LogP contribution in [0.1, 0.15) is 18.9 Å². The van der Waals surface area contributed by atoms with E-state index in [0.29, 0.717) is 5.69 Å². The van der Waals surface area contributed by atoms with Gasteiger partial charge in [0.2, 0.25) is 10.0 Å². The van der Waals surface area contributed by atoms with Gasteiger partial charge in [-0.1, -0.05) is 35.9 Å². The first-order chi connectivity index (χ1) is 12.8. The number of carbonyl (C=O) groups is 2. The van der Waals surface area contributed by atoms with E-state index >= 15 is 0 Å². The summed E-state index contributed by atoms with van der Waals surface area (Å²) in [6.45, 7) is 3.18. The number of benzene rings is 2. The number of aryl methyl sites for hydroxylation is 1. The smallest absolute Gasteiger partial charge is 0.307 e. The molecule has 0 aromatic heterocycles. The number of nitrogens with one attached hydrogen (secondary N) is 2. The van der Waals surface area contributed by atoms with Gasteiger partial charge in [0.15, 0.2) is 6.10 Å². The lowest BCUT2D eigenvalue weighted by Crippen LogP contribution is -2.32. The zero-order valence-corrected chi connectivity index (χ0v) is 16.0. The van der Waals surface area contributed by atoms with Gasteiger partial charge in [-0.2, -0.15) is 0 Å². The van der Waals surface area contributed by atoms with Crippen LogP contribution in [0.25, 0.3) is 0 Å². The molecule has 0 saturated heterocycles. The molecule has 1 amide bonds. The van der Waals surface area contributed by atoms with Crippen molar-refractivity contribution in [2.75, 3.05) is 11.9 Å². The average Bonchev–Trinajstić information content (AvgIpc) is 2.62. The molecule has 0 radical (unpaired) electrons. The summed E-state index contributed by atoms with van der Waals surface area (Å²) < 4.78 is 31.6. The summed E-state index contributed by atoms with van der Waals surface area (Å²) in [5, 5.41) is 2.63. The average molecular weight is 390 g/mol. The van der Waals surface area contributed by atoms with Crippen molar-refractivity contribution >= 4 is 27.6 Å². The van der Waals surface area contributed by atoms with Crippen molar-refractivity contribution in [3.05, 3.63) is 60.2 Å². The number of hydrogen-bond acceptors (Lipinski definition) is 5. The molecule has 2 N–H and O–H groups in total. The fraction of sp³-hybridized carbons (Fsp3) is 0.263. The first kappa shape index (κ1) is 20.6. The molecule has 1 atom stereocenters. The van der Waals surface area contributed by atoms with Gasteiger partial charge in [-0.3, -0.25) is 9.59 Å². The van der Waals surface area contributed by atoms with Crippen LogP contribution in [0.5, 0.6) is 0 Å². The number of esters is 1. The normalized spacial score (nSPS) is 12.2. The molecule has 2 aromatic rings. The molecule has 2 aromatic carbocycles. The van der Waals surface area contributed by atoms with E-state index in [2.05, 4.69) is 10.0 Å². The lowest BCUT2D eigenvalue weighted by atomic mass is 10.2. The first-order valence-electron chi connectivity index (χ1n) is 8.39. The van der Waals surface area contributed by atoms with Crippen LogP contribution in [0.3, 0.4) is 0 Å². The van der Waals surface area contributed by atoms with Crippen LogP contribution >= 0.6 is 0 Å². The van der Waals surface area contributed by atoms with Crippen molar-refractivity contribution in [1.29, 1.82) is 0 Å². The second-order valence-electron chi connectivity index (χ2n) is 5.95. The highest BCUT2D eigenvalue weighted by atomic mass is 32.2. The molecule has 0 aliphatic rings. The summed E-state index contributed by atoms with van der Waals surface area (Å²) in [6, 6.07) is 15.2. The predicted molar refractivity (Wildman–Crippen MR) is 102 cm³/mol. The Morgan fingerprint density at radius 2 is 1.67 bits per heavy atom.